The van der Waals surface area contributed by atoms with E-state index in [9.17, 15) is 0 Å². The second-order valence-corrected chi connectivity index (χ2v) is 4.68. The number of hydrogen-bond acceptors (Lipinski definition) is 3. The van der Waals surface area contributed by atoms with Crippen molar-refractivity contribution >= 4 is 23.7 Å². The van der Waals surface area contributed by atoms with Crippen molar-refractivity contribution in [2.45, 2.75) is 5.25 Å². The largest absolute Gasteiger partial charge is 0.322 e. The van der Waals surface area contributed by atoms with Gasteiger partial charge in [0.1, 0.15) is 0 Å². The highest BCUT2D eigenvalue weighted by atomic mass is 32.2. The summed E-state index contributed by atoms with van der Waals surface area (Å²) in [5.74, 6) is 0. The maximum atomic E-state index is 4.05. The molecule has 0 aliphatic heterocycles. The zero-order valence-electron chi connectivity index (χ0n) is 8.28. The Morgan fingerprint density at radius 3 is 2.69 bits per heavy atom. The van der Waals surface area contributed by atoms with Gasteiger partial charge in [0.2, 0.25) is 0 Å². The molecule has 1 aliphatic carbocycles. The molecule has 1 nitrogen and oxygen atoms in total. The summed E-state index contributed by atoms with van der Waals surface area (Å²) in [5.41, 5.74) is 2.51. The highest BCUT2D eigenvalue weighted by molar-refractivity contribution is 7.99. The van der Waals surface area contributed by atoms with Crippen LogP contribution in [0.1, 0.15) is 0 Å². The molecule has 0 aromatic carbocycles. The Labute approximate surface area is 89.1 Å². The van der Waals surface area contributed by atoms with Crippen molar-refractivity contribution in [1.29, 1.82) is 0 Å². The summed E-state index contributed by atoms with van der Waals surface area (Å²) in [7, 11) is 2.09. The summed E-state index contributed by atoms with van der Waals surface area (Å²) >= 11 is 3.56. The molecule has 13 heavy (non-hydrogen) atoms. The van der Waals surface area contributed by atoms with Gasteiger partial charge in [0.15, 0.2) is 0 Å². The molecule has 0 N–H and O–H groups in total. The summed E-state index contributed by atoms with van der Waals surface area (Å²) in [6.07, 6.45) is 10.5. The van der Waals surface area contributed by atoms with Gasteiger partial charge < -0.3 is 4.31 Å². The fourth-order valence-corrected chi connectivity index (χ4v) is 2.59. The van der Waals surface area contributed by atoms with Gasteiger partial charge in [-0.25, -0.2) is 0 Å². The zero-order chi connectivity index (χ0) is 9.84. The van der Waals surface area contributed by atoms with Crippen LogP contribution in [0.3, 0.4) is 0 Å². The van der Waals surface area contributed by atoms with Gasteiger partial charge in [0.25, 0.3) is 0 Å². The fourth-order valence-electron chi connectivity index (χ4n) is 1.28. The first-order chi connectivity index (χ1) is 6.20. The maximum Gasteiger partial charge on any atom is 0.0695 e. The monoisotopic (exact) mass is 213 g/mol. The van der Waals surface area contributed by atoms with Crippen molar-refractivity contribution in [2.75, 3.05) is 19.6 Å². The van der Waals surface area contributed by atoms with Crippen molar-refractivity contribution in [1.82, 2.24) is 4.31 Å². The van der Waals surface area contributed by atoms with Gasteiger partial charge in [-0.15, -0.1) is 0 Å². The summed E-state index contributed by atoms with van der Waals surface area (Å²) in [6.45, 7) is 4.05. The van der Waals surface area contributed by atoms with Crippen molar-refractivity contribution in [2.24, 2.45) is 0 Å². The van der Waals surface area contributed by atoms with Gasteiger partial charge in [-0.1, -0.05) is 30.7 Å². The molecule has 0 bridgehead atoms. The SMILES string of the molecule is C=C1C=CC=C(N(C)SC)C1SC. The minimum atomic E-state index is 0.419. The van der Waals surface area contributed by atoms with Gasteiger partial charge in [-0.3, -0.25) is 0 Å². The Balaban J connectivity index is 2.86. The second-order valence-electron chi connectivity index (χ2n) is 2.82. The first-order valence-electron chi connectivity index (χ1n) is 4.08. The van der Waals surface area contributed by atoms with Crippen LogP contribution in [0.25, 0.3) is 0 Å². The molecule has 1 unspecified atom stereocenters. The summed E-state index contributed by atoms with van der Waals surface area (Å²) in [6, 6.07) is 0. The average Bonchev–Trinajstić information content (AvgIpc) is 2.16. The molecule has 0 heterocycles. The lowest BCUT2D eigenvalue weighted by Gasteiger charge is -2.28. The van der Waals surface area contributed by atoms with Crippen molar-refractivity contribution in [3.63, 3.8) is 0 Å². The molecule has 3 heteroatoms. The van der Waals surface area contributed by atoms with Gasteiger partial charge in [0.05, 0.1) is 5.25 Å². The highest BCUT2D eigenvalue weighted by Crippen LogP contribution is 2.31. The Morgan fingerprint density at radius 1 is 1.46 bits per heavy atom. The van der Waals surface area contributed by atoms with Crippen molar-refractivity contribution in [3.05, 3.63) is 36.1 Å². The number of allylic oxidation sites excluding steroid dienone is 3. The predicted octanol–water partition coefficient (Wildman–Crippen LogP) is 2.94. The molecule has 0 aromatic rings. The van der Waals surface area contributed by atoms with Gasteiger partial charge in [-0.2, -0.15) is 11.8 Å². The van der Waals surface area contributed by atoms with Gasteiger partial charge >= 0.3 is 0 Å². The molecule has 0 radical (unpaired) electrons. The van der Waals surface area contributed by atoms with Crippen LogP contribution in [0.4, 0.5) is 0 Å². The van der Waals surface area contributed by atoms with Crippen LogP contribution >= 0.6 is 23.7 Å². The summed E-state index contributed by atoms with van der Waals surface area (Å²) in [5, 5.41) is 0.419. The number of nitrogens with zero attached hydrogens (tertiary/aromatic N) is 1. The topological polar surface area (TPSA) is 3.24 Å². The van der Waals surface area contributed by atoms with E-state index in [0.29, 0.717) is 5.25 Å². The second kappa shape index (κ2) is 4.82. The quantitative estimate of drug-likeness (QED) is 0.664. The molecule has 72 valence electrons. The van der Waals surface area contributed by atoms with Crippen LogP contribution in [0, 0.1) is 0 Å². The Bertz CT molecular complexity index is 256. The Kier molecular flexibility index (Phi) is 4.00. The van der Waals surface area contributed by atoms with Crippen LogP contribution in [0.2, 0.25) is 0 Å². The van der Waals surface area contributed by atoms with E-state index in [1.807, 2.05) is 11.8 Å². The van der Waals surface area contributed by atoms with E-state index in [1.165, 1.54) is 11.3 Å². The lowest BCUT2D eigenvalue weighted by molar-refractivity contribution is 0.682. The van der Waals surface area contributed by atoms with Gasteiger partial charge in [0, 0.05) is 19.0 Å². The molecule has 1 atom stereocenters. The minimum absolute atomic E-state index is 0.419. The zero-order valence-corrected chi connectivity index (χ0v) is 9.91. The fraction of sp³-hybridized carbons (Fsp3) is 0.400. The standard InChI is InChI=1S/C10H15NS2/c1-8-6-5-7-9(10(8)12-3)11(2)13-4/h5-7,10H,1H2,2-4H3. The van der Waals surface area contributed by atoms with E-state index in [1.54, 1.807) is 11.9 Å². The van der Waals surface area contributed by atoms with Crippen LogP contribution in [-0.2, 0) is 0 Å². The molecule has 0 spiro atoms. The molecular weight excluding hydrogens is 198 g/mol. The first kappa shape index (κ1) is 10.8. The van der Waals surface area contributed by atoms with E-state index >= 15 is 0 Å². The van der Waals surface area contributed by atoms with E-state index in [4.69, 9.17) is 0 Å². The third-order valence-corrected chi connectivity index (χ3v) is 3.83. The molecule has 0 aromatic heterocycles. The smallest absolute Gasteiger partial charge is 0.0695 e. The van der Waals surface area contributed by atoms with Crippen LogP contribution < -0.4 is 0 Å². The number of thioether (sulfide) groups is 1. The number of hydrogen-bond donors (Lipinski definition) is 0. The van der Waals surface area contributed by atoms with Crippen LogP contribution in [0.15, 0.2) is 36.1 Å². The molecule has 0 fully saturated rings. The van der Waals surface area contributed by atoms with E-state index < -0.39 is 0 Å². The Morgan fingerprint density at radius 2 is 2.15 bits per heavy atom. The van der Waals surface area contributed by atoms with Crippen LogP contribution in [0.5, 0.6) is 0 Å². The summed E-state index contributed by atoms with van der Waals surface area (Å²) in [4.78, 5) is 0. The average molecular weight is 213 g/mol. The first-order valence-corrected chi connectivity index (χ1v) is 6.55. The van der Waals surface area contributed by atoms with Crippen molar-refractivity contribution in [3.8, 4) is 0 Å². The minimum Gasteiger partial charge on any atom is -0.322 e. The van der Waals surface area contributed by atoms with Crippen LogP contribution in [-0.4, -0.2) is 29.1 Å². The van der Waals surface area contributed by atoms with Crippen molar-refractivity contribution < 1.29 is 0 Å². The summed E-state index contributed by atoms with van der Waals surface area (Å²) < 4.78 is 2.19. The van der Waals surface area contributed by atoms with Gasteiger partial charge in [-0.05, 0) is 17.9 Å². The third kappa shape index (κ3) is 2.35. The molecule has 0 amide bonds. The van der Waals surface area contributed by atoms with E-state index in [-0.39, 0.29) is 0 Å². The Hall–Kier alpha value is -0.280. The highest BCUT2D eigenvalue weighted by Gasteiger charge is 2.19. The third-order valence-electron chi connectivity index (χ3n) is 2.06. The maximum absolute atomic E-state index is 4.05. The predicted molar refractivity (Wildman–Crippen MR) is 64.9 cm³/mol. The van der Waals surface area contributed by atoms with E-state index in [0.717, 1.165) is 0 Å². The lowest BCUT2D eigenvalue weighted by Crippen LogP contribution is -2.21. The lowest BCUT2D eigenvalue weighted by atomic mass is 10.1. The molecule has 1 rings (SSSR count). The molecular formula is C10H15NS2. The number of rotatable bonds is 3. The van der Waals surface area contributed by atoms with E-state index in [2.05, 4.69) is 48.7 Å². The normalized spacial score (nSPS) is 21.6. The molecule has 0 saturated carbocycles. The molecule has 0 saturated heterocycles. The molecule has 1 aliphatic rings.